The molecule has 1 saturated heterocycles. The fraction of sp³-hybridized carbons (Fsp3) is 0.900. The Kier molecular flexibility index (Phi) is 37.7. The number of aliphatic hydroxyl groups excluding tert-OH is 8. The molecule has 0 spiro atoms. The molecule has 0 radical (unpaired) electrons. The maximum atomic E-state index is 13.1. The van der Waals surface area contributed by atoms with E-state index in [0.29, 0.717) is 12.8 Å². The summed E-state index contributed by atoms with van der Waals surface area (Å²) in [6.45, 7) is 3.22. The second kappa shape index (κ2) is 39.9. The SMILES string of the molecule is CCCCCC/C=C\CCCCCCCCCCCCCCCC[C@@H](O)C(=O)N[C@@H](CO[C@@H]1O[C@H](CO)[C@@H](O)[C@H](O)[C@H]1O)[C@H](O)[C@H](O)[C@H](O)/C=C\CCCCCCCCCCC. The Hall–Kier alpha value is -1.45. The molecule has 0 saturated carbocycles. The Morgan fingerprint density at radius 1 is 0.565 bits per heavy atom. The minimum absolute atomic E-state index is 0.199. The second-order valence-corrected chi connectivity index (χ2v) is 18.0. The van der Waals surface area contributed by atoms with Crippen molar-refractivity contribution in [2.24, 2.45) is 0 Å². The third-order valence-electron chi connectivity index (χ3n) is 12.3. The van der Waals surface area contributed by atoms with Crippen molar-refractivity contribution in [1.82, 2.24) is 5.32 Å². The van der Waals surface area contributed by atoms with E-state index in [1.54, 1.807) is 6.08 Å². The zero-order valence-electron chi connectivity index (χ0n) is 39.2. The summed E-state index contributed by atoms with van der Waals surface area (Å²) in [4.78, 5) is 13.1. The summed E-state index contributed by atoms with van der Waals surface area (Å²) >= 11 is 0. The molecule has 0 aliphatic carbocycles. The molecule has 62 heavy (non-hydrogen) atoms. The highest BCUT2D eigenvalue weighted by molar-refractivity contribution is 5.80. The van der Waals surface area contributed by atoms with Gasteiger partial charge in [0.15, 0.2) is 6.29 Å². The topological polar surface area (TPSA) is 209 Å². The normalized spacial score (nSPS) is 22.0. The molecule has 12 heteroatoms. The van der Waals surface area contributed by atoms with E-state index in [0.717, 1.165) is 38.5 Å². The van der Waals surface area contributed by atoms with Gasteiger partial charge in [-0.25, -0.2) is 0 Å². The van der Waals surface area contributed by atoms with E-state index in [1.165, 1.54) is 147 Å². The van der Waals surface area contributed by atoms with E-state index >= 15 is 0 Å². The van der Waals surface area contributed by atoms with Crippen LogP contribution in [0.4, 0.5) is 0 Å². The first kappa shape index (κ1) is 58.6. The second-order valence-electron chi connectivity index (χ2n) is 18.0. The van der Waals surface area contributed by atoms with Crippen molar-refractivity contribution in [2.45, 2.75) is 274 Å². The van der Waals surface area contributed by atoms with Crippen LogP contribution in [0.1, 0.15) is 213 Å². The summed E-state index contributed by atoms with van der Waals surface area (Å²) < 4.78 is 11.0. The third-order valence-corrected chi connectivity index (χ3v) is 12.3. The average Bonchev–Trinajstić information content (AvgIpc) is 3.27. The Bertz CT molecular complexity index is 1080. The van der Waals surface area contributed by atoms with Crippen LogP contribution in [0.3, 0.4) is 0 Å². The molecule has 0 aromatic rings. The molecule has 0 unspecified atom stereocenters. The van der Waals surface area contributed by atoms with Crippen molar-refractivity contribution in [2.75, 3.05) is 13.2 Å². The van der Waals surface area contributed by atoms with E-state index in [4.69, 9.17) is 9.47 Å². The van der Waals surface area contributed by atoms with Crippen LogP contribution in [0.2, 0.25) is 0 Å². The Morgan fingerprint density at radius 3 is 1.45 bits per heavy atom. The predicted octanol–water partition coefficient (Wildman–Crippen LogP) is 7.98. The molecule has 366 valence electrons. The van der Waals surface area contributed by atoms with Gasteiger partial charge in [0, 0.05) is 0 Å². The molecule has 1 amide bonds. The van der Waals surface area contributed by atoms with Gasteiger partial charge < -0.3 is 55.6 Å². The van der Waals surface area contributed by atoms with Crippen molar-refractivity contribution in [1.29, 1.82) is 0 Å². The summed E-state index contributed by atoms with van der Waals surface area (Å²) in [5, 5.41) is 86.3. The number of rotatable bonds is 42. The molecule has 10 atom stereocenters. The van der Waals surface area contributed by atoms with E-state index < -0.39 is 80.3 Å². The van der Waals surface area contributed by atoms with Crippen LogP contribution in [0.5, 0.6) is 0 Å². The zero-order chi connectivity index (χ0) is 45.6. The lowest BCUT2D eigenvalue weighted by Crippen LogP contribution is -2.60. The highest BCUT2D eigenvalue weighted by Crippen LogP contribution is 2.23. The van der Waals surface area contributed by atoms with Gasteiger partial charge in [-0.3, -0.25) is 4.79 Å². The van der Waals surface area contributed by atoms with Gasteiger partial charge in [-0.1, -0.05) is 192 Å². The van der Waals surface area contributed by atoms with Crippen LogP contribution in [0.25, 0.3) is 0 Å². The van der Waals surface area contributed by atoms with Crippen LogP contribution >= 0.6 is 0 Å². The number of allylic oxidation sites excluding steroid dienone is 3. The maximum absolute atomic E-state index is 13.1. The van der Waals surface area contributed by atoms with E-state index in [1.807, 2.05) is 0 Å². The number of hydrogen-bond donors (Lipinski definition) is 9. The fourth-order valence-corrected chi connectivity index (χ4v) is 8.05. The van der Waals surface area contributed by atoms with Crippen LogP contribution in [0.15, 0.2) is 24.3 Å². The van der Waals surface area contributed by atoms with Crippen molar-refractivity contribution in [3.05, 3.63) is 24.3 Å². The number of hydrogen-bond acceptors (Lipinski definition) is 11. The van der Waals surface area contributed by atoms with Gasteiger partial charge in [-0.15, -0.1) is 0 Å². The Labute approximate surface area is 377 Å². The number of ether oxygens (including phenoxy) is 2. The Balaban J connectivity index is 2.42. The standard InChI is InChI=1S/C50H95NO11/c1-3-5-7-9-11-13-15-16-17-18-19-20-21-22-23-24-25-27-29-31-33-35-37-42(54)49(60)51-40(39-61-50-48(59)47(58)46(57)43(38-52)62-50)44(55)45(56)41(53)36-34-32-30-28-26-14-12-10-8-6-4-2/h13,15,34,36,40-48,50,52-59H,3-12,14,16-33,35,37-39H2,1-2H3,(H,51,60)/b15-13-,36-34-/t40-,41+,42+,43+,44-,45+,46+,47-,48+,50+/m0/s1. The van der Waals surface area contributed by atoms with Crippen LogP contribution in [-0.2, 0) is 14.3 Å². The van der Waals surface area contributed by atoms with Gasteiger partial charge in [-0.05, 0) is 44.9 Å². The largest absolute Gasteiger partial charge is 0.394 e. The molecular weight excluding hydrogens is 791 g/mol. The maximum Gasteiger partial charge on any atom is 0.249 e. The van der Waals surface area contributed by atoms with E-state index in [-0.39, 0.29) is 6.42 Å². The van der Waals surface area contributed by atoms with Crippen molar-refractivity contribution < 1.29 is 55.1 Å². The van der Waals surface area contributed by atoms with Gasteiger partial charge in [-0.2, -0.15) is 0 Å². The first-order chi connectivity index (χ1) is 30.1. The number of carbonyl (C=O) groups excluding carboxylic acids is 1. The van der Waals surface area contributed by atoms with Gasteiger partial charge in [0.1, 0.15) is 48.8 Å². The number of amides is 1. The van der Waals surface area contributed by atoms with Crippen LogP contribution < -0.4 is 5.32 Å². The highest BCUT2D eigenvalue weighted by atomic mass is 16.7. The minimum atomic E-state index is -1.77. The molecular formula is C50H95NO11. The smallest absolute Gasteiger partial charge is 0.249 e. The number of nitrogens with one attached hydrogen (secondary N) is 1. The summed E-state index contributed by atoms with van der Waals surface area (Å²) in [7, 11) is 0. The first-order valence-corrected chi connectivity index (χ1v) is 25.3. The molecule has 1 aliphatic heterocycles. The van der Waals surface area contributed by atoms with Crippen molar-refractivity contribution in [3.8, 4) is 0 Å². The lowest BCUT2D eigenvalue weighted by molar-refractivity contribution is -0.303. The monoisotopic (exact) mass is 886 g/mol. The van der Waals surface area contributed by atoms with Crippen molar-refractivity contribution >= 4 is 5.91 Å². The first-order valence-electron chi connectivity index (χ1n) is 25.3. The van der Waals surface area contributed by atoms with Crippen LogP contribution in [0, 0.1) is 0 Å². The summed E-state index contributed by atoms with van der Waals surface area (Å²) in [5.74, 6) is -0.797. The lowest BCUT2D eigenvalue weighted by atomic mass is 9.98. The molecule has 1 heterocycles. The van der Waals surface area contributed by atoms with E-state index in [2.05, 4.69) is 31.3 Å². The number of aliphatic hydroxyl groups is 8. The van der Waals surface area contributed by atoms with Gasteiger partial charge in [0.25, 0.3) is 0 Å². The molecule has 0 bridgehead atoms. The van der Waals surface area contributed by atoms with Gasteiger partial charge in [0.2, 0.25) is 5.91 Å². The summed E-state index contributed by atoms with van der Waals surface area (Å²) in [6, 6.07) is -1.37. The molecule has 1 rings (SSSR count). The zero-order valence-corrected chi connectivity index (χ0v) is 39.2. The lowest BCUT2D eigenvalue weighted by Gasteiger charge is -2.40. The third kappa shape index (κ3) is 28.5. The van der Waals surface area contributed by atoms with Crippen LogP contribution in [-0.4, -0.2) is 121 Å². The molecule has 0 aromatic carbocycles. The summed E-state index contributed by atoms with van der Waals surface area (Å²) in [5.41, 5.74) is 0. The van der Waals surface area contributed by atoms with Crippen molar-refractivity contribution in [3.63, 3.8) is 0 Å². The molecule has 1 fully saturated rings. The number of carbonyl (C=O) groups is 1. The van der Waals surface area contributed by atoms with Gasteiger partial charge in [0.05, 0.1) is 19.3 Å². The molecule has 0 aromatic heterocycles. The average molecular weight is 886 g/mol. The molecule has 9 N–H and O–H groups in total. The van der Waals surface area contributed by atoms with E-state index in [9.17, 15) is 45.6 Å². The molecule has 12 nitrogen and oxygen atoms in total. The van der Waals surface area contributed by atoms with Gasteiger partial charge >= 0.3 is 0 Å². The minimum Gasteiger partial charge on any atom is -0.394 e. The molecule has 1 aliphatic rings. The Morgan fingerprint density at radius 2 is 0.984 bits per heavy atom. The predicted molar refractivity (Wildman–Crippen MR) is 248 cm³/mol. The summed E-state index contributed by atoms with van der Waals surface area (Å²) in [6.07, 6.45) is 29.6. The highest BCUT2D eigenvalue weighted by Gasteiger charge is 2.45. The fourth-order valence-electron chi connectivity index (χ4n) is 8.05. The number of unbranched alkanes of at least 4 members (excludes halogenated alkanes) is 27. The quantitative estimate of drug-likeness (QED) is 0.0212.